The van der Waals surface area contributed by atoms with Crippen LogP contribution in [-0.4, -0.2) is 41.7 Å². The predicted octanol–water partition coefficient (Wildman–Crippen LogP) is 5.36. The maximum Gasteiger partial charge on any atom is 0.341 e. The molecule has 0 bridgehead atoms. The largest absolute Gasteiger partial charge is 0.482 e. The number of rotatable bonds is 5. The van der Waals surface area contributed by atoms with Gasteiger partial charge in [-0.3, -0.25) is 4.90 Å². The number of hydrogen-bond acceptors (Lipinski definition) is 3. The molecule has 1 aromatic carbocycles. The van der Waals surface area contributed by atoms with Gasteiger partial charge < -0.3 is 9.84 Å². The number of nitrogens with zero attached hydrogens (tertiary/aromatic N) is 1. The monoisotopic (exact) mass is 399 g/mol. The third kappa shape index (κ3) is 4.85. The minimum atomic E-state index is -1.00. The highest BCUT2D eigenvalue weighted by Crippen LogP contribution is 2.43. The molecule has 1 N–H and O–H groups in total. The fraction of sp³-hybridized carbons (Fsp3) is 0.650. The first-order valence-corrected chi connectivity index (χ1v) is 10.4. The van der Waals surface area contributed by atoms with Crippen LogP contribution >= 0.6 is 23.2 Å². The number of hydrogen-bond donors (Lipinski definition) is 1. The lowest BCUT2D eigenvalue weighted by Gasteiger charge is -2.40. The summed E-state index contributed by atoms with van der Waals surface area (Å²) in [5, 5.41) is 9.88. The summed E-state index contributed by atoms with van der Waals surface area (Å²) in [5.41, 5.74) is 1.01. The van der Waals surface area contributed by atoms with Crippen molar-refractivity contribution in [3.05, 3.63) is 27.7 Å². The molecule has 2 aliphatic rings. The van der Waals surface area contributed by atoms with Crippen LogP contribution in [0.2, 0.25) is 10.0 Å². The predicted molar refractivity (Wildman–Crippen MR) is 105 cm³/mol. The Labute approximate surface area is 165 Å². The van der Waals surface area contributed by atoms with Gasteiger partial charge in [0, 0.05) is 18.0 Å². The summed E-state index contributed by atoms with van der Waals surface area (Å²) < 4.78 is 5.38. The maximum atomic E-state index is 10.8. The first kappa shape index (κ1) is 19.8. The van der Waals surface area contributed by atoms with Crippen molar-refractivity contribution in [2.45, 2.75) is 63.3 Å². The Morgan fingerprint density at radius 1 is 1.08 bits per heavy atom. The molecule has 2 fully saturated rings. The standard InChI is InChI=1S/C20H27Cl2NO3/c21-17-12-14(26-13-19(24)25)11-16(20(17)22)15-7-3-4-8-18(15)23-9-5-1-2-6-10-23/h11-12,15,18H,1-10,13H2,(H,24,25). The molecule has 6 heteroatoms. The Morgan fingerprint density at radius 2 is 1.77 bits per heavy atom. The highest BCUT2D eigenvalue weighted by molar-refractivity contribution is 6.42. The molecule has 2 atom stereocenters. The van der Waals surface area contributed by atoms with Gasteiger partial charge in [0.1, 0.15) is 5.75 Å². The number of benzene rings is 1. The molecule has 1 heterocycles. The molecule has 0 amide bonds. The topological polar surface area (TPSA) is 49.8 Å². The van der Waals surface area contributed by atoms with Crippen LogP contribution in [-0.2, 0) is 4.79 Å². The molecule has 1 saturated carbocycles. The lowest BCUT2D eigenvalue weighted by Crippen LogP contribution is -2.42. The fourth-order valence-electron chi connectivity index (χ4n) is 4.42. The highest BCUT2D eigenvalue weighted by atomic mass is 35.5. The van der Waals surface area contributed by atoms with Gasteiger partial charge in [0.15, 0.2) is 6.61 Å². The minimum Gasteiger partial charge on any atom is -0.482 e. The normalized spacial score (nSPS) is 24.8. The summed E-state index contributed by atoms with van der Waals surface area (Å²) in [4.78, 5) is 13.5. The molecule has 0 radical (unpaired) electrons. The lowest BCUT2D eigenvalue weighted by molar-refractivity contribution is -0.139. The van der Waals surface area contributed by atoms with Gasteiger partial charge in [-0.1, -0.05) is 48.9 Å². The van der Waals surface area contributed by atoms with E-state index in [9.17, 15) is 4.79 Å². The molecular formula is C20H27Cl2NO3. The number of carboxylic acids is 1. The number of aliphatic carboxylic acids is 1. The van der Waals surface area contributed by atoms with E-state index in [0.29, 0.717) is 27.8 Å². The van der Waals surface area contributed by atoms with E-state index in [1.54, 1.807) is 6.07 Å². The number of carbonyl (C=O) groups is 1. The van der Waals surface area contributed by atoms with Gasteiger partial charge in [-0.15, -0.1) is 0 Å². The summed E-state index contributed by atoms with van der Waals surface area (Å²) >= 11 is 12.9. The van der Waals surface area contributed by atoms with Crippen molar-refractivity contribution in [2.24, 2.45) is 0 Å². The van der Waals surface area contributed by atoms with Gasteiger partial charge >= 0.3 is 5.97 Å². The maximum absolute atomic E-state index is 10.8. The van der Waals surface area contributed by atoms with Crippen molar-refractivity contribution in [2.75, 3.05) is 19.7 Å². The first-order valence-electron chi connectivity index (χ1n) is 9.64. The smallest absolute Gasteiger partial charge is 0.341 e. The van der Waals surface area contributed by atoms with Crippen LogP contribution in [0.3, 0.4) is 0 Å². The second-order valence-electron chi connectivity index (χ2n) is 7.40. The summed E-state index contributed by atoms with van der Waals surface area (Å²) in [6.07, 6.45) is 9.86. The van der Waals surface area contributed by atoms with E-state index >= 15 is 0 Å². The zero-order chi connectivity index (χ0) is 18.5. The quantitative estimate of drug-likeness (QED) is 0.723. The average Bonchev–Trinajstić information content (AvgIpc) is 2.92. The van der Waals surface area contributed by atoms with Crippen molar-refractivity contribution in [3.8, 4) is 5.75 Å². The van der Waals surface area contributed by atoms with E-state index in [2.05, 4.69) is 4.90 Å². The highest BCUT2D eigenvalue weighted by Gasteiger charge is 2.33. The summed E-state index contributed by atoms with van der Waals surface area (Å²) in [6, 6.07) is 3.99. The SMILES string of the molecule is O=C(O)COc1cc(Cl)c(Cl)c(C2CCCCC2N2CCCCCC2)c1. The number of ether oxygens (including phenoxy) is 1. The van der Waals surface area contributed by atoms with Crippen LogP contribution in [0.25, 0.3) is 0 Å². The number of likely N-dealkylation sites (tertiary alicyclic amines) is 1. The average molecular weight is 400 g/mol. The molecule has 26 heavy (non-hydrogen) atoms. The molecule has 1 aromatic rings. The molecule has 1 aliphatic heterocycles. The van der Waals surface area contributed by atoms with Crippen LogP contribution in [0.1, 0.15) is 62.8 Å². The van der Waals surface area contributed by atoms with Crippen molar-refractivity contribution in [1.82, 2.24) is 4.90 Å². The van der Waals surface area contributed by atoms with Crippen LogP contribution < -0.4 is 4.74 Å². The van der Waals surface area contributed by atoms with Gasteiger partial charge in [0.25, 0.3) is 0 Å². The fourth-order valence-corrected chi connectivity index (χ4v) is 4.89. The molecule has 4 nitrogen and oxygen atoms in total. The van der Waals surface area contributed by atoms with E-state index in [1.807, 2.05) is 6.07 Å². The molecule has 144 valence electrons. The van der Waals surface area contributed by atoms with Gasteiger partial charge in [-0.05, 0) is 50.4 Å². The molecule has 0 spiro atoms. The molecule has 1 saturated heterocycles. The summed E-state index contributed by atoms with van der Waals surface area (Å²) in [7, 11) is 0. The summed E-state index contributed by atoms with van der Waals surface area (Å²) in [5.74, 6) is -0.199. The molecule has 2 unspecified atom stereocenters. The van der Waals surface area contributed by atoms with E-state index in [4.69, 9.17) is 33.0 Å². The Hall–Kier alpha value is -0.970. The zero-order valence-electron chi connectivity index (χ0n) is 15.1. The Morgan fingerprint density at radius 3 is 2.46 bits per heavy atom. The second-order valence-corrected chi connectivity index (χ2v) is 8.18. The van der Waals surface area contributed by atoms with Crippen molar-refractivity contribution in [1.29, 1.82) is 0 Å². The summed E-state index contributed by atoms with van der Waals surface area (Å²) in [6.45, 7) is 1.93. The van der Waals surface area contributed by atoms with Crippen LogP contribution in [0.5, 0.6) is 5.75 Å². The van der Waals surface area contributed by atoms with E-state index in [-0.39, 0.29) is 6.61 Å². The third-order valence-corrected chi connectivity index (χ3v) is 6.45. The molecule has 3 rings (SSSR count). The second kappa shape index (κ2) is 9.29. The lowest BCUT2D eigenvalue weighted by atomic mass is 9.79. The van der Waals surface area contributed by atoms with E-state index in [1.165, 1.54) is 44.9 Å². The van der Waals surface area contributed by atoms with Crippen LogP contribution in [0, 0.1) is 0 Å². The Bertz CT molecular complexity index is 630. The third-order valence-electron chi connectivity index (χ3n) is 5.63. The van der Waals surface area contributed by atoms with Crippen molar-refractivity contribution < 1.29 is 14.6 Å². The minimum absolute atomic E-state index is 0.320. The number of carboxylic acid groups (broad SMARTS) is 1. The molecular weight excluding hydrogens is 373 g/mol. The Balaban J connectivity index is 1.87. The van der Waals surface area contributed by atoms with Crippen LogP contribution in [0.4, 0.5) is 0 Å². The van der Waals surface area contributed by atoms with Gasteiger partial charge in [-0.25, -0.2) is 4.79 Å². The molecule has 1 aliphatic carbocycles. The number of halogens is 2. The Kier molecular flexibility index (Phi) is 7.07. The first-order chi connectivity index (χ1) is 12.6. The molecule has 0 aromatic heterocycles. The van der Waals surface area contributed by atoms with E-state index in [0.717, 1.165) is 25.1 Å². The van der Waals surface area contributed by atoms with Crippen LogP contribution in [0.15, 0.2) is 12.1 Å². The van der Waals surface area contributed by atoms with Gasteiger partial charge in [0.2, 0.25) is 0 Å². The van der Waals surface area contributed by atoms with Crippen molar-refractivity contribution in [3.63, 3.8) is 0 Å². The zero-order valence-corrected chi connectivity index (χ0v) is 16.6. The van der Waals surface area contributed by atoms with Gasteiger partial charge in [-0.2, -0.15) is 0 Å². The van der Waals surface area contributed by atoms with E-state index < -0.39 is 5.97 Å². The van der Waals surface area contributed by atoms with Gasteiger partial charge in [0.05, 0.1) is 10.0 Å². The van der Waals surface area contributed by atoms with Crippen molar-refractivity contribution >= 4 is 29.2 Å².